The number of hydrogen-bond acceptors (Lipinski definition) is 1. The normalized spacial score (nSPS) is 12.9. The number of nitrogens with one attached hydrogen (secondary N) is 1. The third kappa shape index (κ3) is 5.11. The first-order valence-corrected chi connectivity index (χ1v) is 6.41. The molecule has 0 amide bonds. The molecule has 1 N–H and O–H groups in total. The van der Waals surface area contributed by atoms with Crippen LogP contribution in [0.2, 0.25) is 0 Å². The molecular weight excluding hydrogens is 182 g/mol. The molecule has 1 heteroatoms. The highest BCUT2D eigenvalue weighted by Crippen LogP contribution is 2.20. The van der Waals surface area contributed by atoms with E-state index in [4.69, 9.17) is 0 Å². The summed E-state index contributed by atoms with van der Waals surface area (Å²) < 4.78 is 0. The summed E-state index contributed by atoms with van der Waals surface area (Å²) in [5, 5.41) is 3.44. The van der Waals surface area contributed by atoms with Crippen molar-refractivity contribution in [1.29, 1.82) is 0 Å². The summed E-state index contributed by atoms with van der Waals surface area (Å²) in [6.45, 7) is 11.1. The van der Waals surface area contributed by atoms with Crippen LogP contribution in [-0.2, 0) is 0 Å². The molecule has 0 saturated heterocycles. The molecule has 0 aromatic rings. The first kappa shape index (κ1) is 14.4. The summed E-state index contributed by atoms with van der Waals surface area (Å²) in [5.74, 6) is 3.76. The van der Waals surface area contributed by atoms with Gasteiger partial charge in [0.25, 0.3) is 0 Å². The van der Waals surface area contributed by atoms with Gasteiger partial charge in [0.2, 0.25) is 0 Å². The maximum Gasteiger partial charge on any atom is 0.0444 e. The Kier molecular flexibility index (Phi) is 7.30. The molecule has 0 aromatic heterocycles. The highest BCUT2D eigenvalue weighted by Gasteiger charge is 2.23. The molecule has 0 saturated carbocycles. The molecular formula is C14H27N. The summed E-state index contributed by atoms with van der Waals surface area (Å²) in [5.41, 5.74) is 0.245. The fourth-order valence-electron chi connectivity index (χ4n) is 1.72. The predicted octanol–water partition coefficient (Wildman–Crippen LogP) is 3.94. The Bertz CT molecular complexity index is 205. The molecule has 0 radical (unpaired) electrons. The average Bonchev–Trinajstić information content (AvgIpc) is 2.27. The van der Waals surface area contributed by atoms with Crippen molar-refractivity contribution in [2.75, 3.05) is 0 Å². The molecule has 0 aliphatic rings. The van der Waals surface area contributed by atoms with E-state index in [0.29, 0.717) is 5.92 Å². The lowest BCUT2D eigenvalue weighted by Gasteiger charge is -2.30. The third-order valence-electron chi connectivity index (χ3n) is 3.34. The van der Waals surface area contributed by atoms with E-state index in [1.807, 2.05) is 0 Å². The van der Waals surface area contributed by atoms with Gasteiger partial charge in [-0.3, -0.25) is 0 Å². The fourth-order valence-corrected chi connectivity index (χ4v) is 1.72. The molecule has 0 heterocycles. The fraction of sp³-hybridized carbons (Fsp3) is 0.857. The Hall–Kier alpha value is -0.640. The van der Waals surface area contributed by atoms with E-state index in [-0.39, 0.29) is 5.54 Å². The molecule has 0 aliphatic carbocycles. The largest absolute Gasteiger partial charge is 0.340 e. The van der Waals surface area contributed by atoms with E-state index in [1.54, 1.807) is 0 Å². The first-order valence-electron chi connectivity index (χ1n) is 6.41. The van der Waals surface area contributed by atoms with Crippen molar-refractivity contribution < 1.29 is 0 Å². The van der Waals surface area contributed by atoms with Crippen LogP contribution in [0.1, 0.15) is 66.7 Å². The third-order valence-corrected chi connectivity index (χ3v) is 3.34. The molecule has 0 aromatic carbocycles. The van der Waals surface area contributed by atoms with E-state index >= 15 is 0 Å². The SMILES string of the molecule is CCCC(CC)(CC)NC#CC(C)CC. The highest BCUT2D eigenvalue weighted by atomic mass is 14.9. The van der Waals surface area contributed by atoms with Crippen LogP contribution in [0.3, 0.4) is 0 Å². The first-order chi connectivity index (χ1) is 7.14. The van der Waals surface area contributed by atoms with Crippen molar-refractivity contribution in [2.45, 2.75) is 72.3 Å². The molecule has 1 nitrogen and oxygen atoms in total. The molecule has 1 atom stereocenters. The predicted molar refractivity (Wildman–Crippen MR) is 68.6 cm³/mol. The van der Waals surface area contributed by atoms with Crippen LogP contribution in [0.15, 0.2) is 0 Å². The average molecular weight is 209 g/mol. The quantitative estimate of drug-likeness (QED) is 0.516. The van der Waals surface area contributed by atoms with Gasteiger partial charge in [0.1, 0.15) is 0 Å². The van der Waals surface area contributed by atoms with Gasteiger partial charge in [0.05, 0.1) is 0 Å². The van der Waals surface area contributed by atoms with Crippen molar-refractivity contribution in [3.8, 4) is 12.0 Å². The Morgan fingerprint density at radius 2 is 1.73 bits per heavy atom. The van der Waals surface area contributed by atoms with E-state index < -0.39 is 0 Å². The molecule has 88 valence electrons. The lowest BCUT2D eigenvalue weighted by Crippen LogP contribution is -2.41. The Morgan fingerprint density at radius 1 is 1.13 bits per heavy atom. The molecule has 0 bridgehead atoms. The second kappa shape index (κ2) is 7.63. The zero-order valence-electron chi connectivity index (χ0n) is 11.1. The van der Waals surface area contributed by atoms with Gasteiger partial charge in [-0.15, -0.1) is 0 Å². The van der Waals surface area contributed by atoms with E-state index in [2.05, 4.69) is 51.9 Å². The van der Waals surface area contributed by atoms with Gasteiger partial charge in [-0.05, 0) is 25.7 Å². The summed E-state index contributed by atoms with van der Waals surface area (Å²) >= 11 is 0. The van der Waals surface area contributed by atoms with Crippen LogP contribution in [-0.4, -0.2) is 5.54 Å². The monoisotopic (exact) mass is 209 g/mol. The molecule has 15 heavy (non-hydrogen) atoms. The van der Waals surface area contributed by atoms with Crippen LogP contribution in [0.4, 0.5) is 0 Å². The van der Waals surface area contributed by atoms with Crippen LogP contribution in [0, 0.1) is 17.9 Å². The van der Waals surface area contributed by atoms with Gasteiger partial charge in [-0.2, -0.15) is 0 Å². The van der Waals surface area contributed by atoms with Crippen molar-refractivity contribution in [3.05, 3.63) is 0 Å². The van der Waals surface area contributed by atoms with Gasteiger partial charge in [0.15, 0.2) is 0 Å². The topological polar surface area (TPSA) is 12.0 Å². The van der Waals surface area contributed by atoms with Crippen molar-refractivity contribution in [2.24, 2.45) is 5.92 Å². The van der Waals surface area contributed by atoms with E-state index in [1.165, 1.54) is 12.8 Å². The second-order valence-corrected chi connectivity index (χ2v) is 4.44. The molecule has 0 spiro atoms. The van der Waals surface area contributed by atoms with Crippen LogP contribution < -0.4 is 5.32 Å². The molecule has 0 aliphatic heterocycles. The summed E-state index contributed by atoms with van der Waals surface area (Å²) in [6, 6.07) is 3.16. The summed E-state index contributed by atoms with van der Waals surface area (Å²) in [6.07, 6.45) is 5.89. The van der Waals surface area contributed by atoms with Gasteiger partial charge >= 0.3 is 0 Å². The minimum atomic E-state index is 0.245. The zero-order chi connectivity index (χ0) is 11.7. The standard InChI is InChI=1S/C14H27N/c1-6-11-14(8-3,9-4)15-12-10-13(5)7-2/h13,15H,6-9,11H2,1-5H3. The minimum Gasteiger partial charge on any atom is -0.340 e. The second-order valence-electron chi connectivity index (χ2n) is 4.44. The van der Waals surface area contributed by atoms with Crippen molar-refractivity contribution >= 4 is 0 Å². The van der Waals surface area contributed by atoms with Gasteiger partial charge in [-0.25, -0.2) is 0 Å². The molecule has 0 fully saturated rings. The maximum atomic E-state index is 3.44. The Labute approximate surface area is 96.0 Å². The smallest absolute Gasteiger partial charge is 0.0444 e. The zero-order valence-corrected chi connectivity index (χ0v) is 11.1. The van der Waals surface area contributed by atoms with Crippen molar-refractivity contribution in [3.63, 3.8) is 0 Å². The lowest BCUT2D eigenvalue weighted by molar-refractivity contribution is 0.317. The Morgan fingerprint density at radius 3 is 2.13 bits per heavy atom. The molecule has 1 unspecified atom stereocenters. The van der Waals surface area contributed by atoms with Gasteiger partial charge < -0.3 is 5.32 Å². The minimum absolute atomic E-state index is 0.245. The summed E-state index contributed by atoms with van der Waals surface area (Å²) in [4.78, 5) is 0. The molecule has 0 rings (SSSR count). The summed E-state index contributed by atoms with van der Waals surface area (Å²) in [7, 11) is 0. The maximum absolute atomic E-state index is 3.44. The number of rotatable bonds is 6. The van der Waals surface area contributed by atoms with E-state index in [0.717, 1.165) is 19.3 Å². The highest BCUT2D eigenvalue weighted by molar-refractivity contribution is 5.05. The number of hydrogen-bond donors (Lipinski definition) is 1. The van der Waals surface area contributed by atoms with Crippen LogP contribution in [0.5, 0.6) is 0 Å². The van der Waals surface area contributed by atoms with Crippen LogP contribution >= 0.6 is 0 Å². The van der Waals surface area contributed by atoms with Gasteiger partial charge in [-0.1, -0.05) is 47.0 Å². The Balaban J connectivity index is 4.32. The van der Waals surface area contributed by atoms with Crippen molar-refractivity contribution in [1.82, 2.24) is 5.32 Å². The van der Waals surface area contributed by atoms with E-state index in [9.17, 15) is 0 Å². The lowest BCUT2D eigenvalue weighted by atomic mass is 9.88. The van der Waals surface area contributed by atoms with Gasteiger partial charge in [0, 0.05) is 17.5 Å². The van der Waals surface area contributed by atoms with Crippen LogP contribution in [0.25, 0.3) is 0 Å².